The number of furan rings is 1. The molecule has 0 bridgehead atoms. The lowest BCUT2D eigenvalue weighted by Gasteiger charge is -2.40. The number of amides is 1. The Balaban J connectivity index is 1.92. The first kappa shape index (κ1) is 16.0. The summed E-state index contributed by atoms with van der Waals surface area (Å²) in [6.07, 6.45) is 3.77. The zero-order valence-corrected chi connectivity index (χ0v) is 13.1. The van der Waals surface area contributed by atoms with E-state index in [0.29, 0.717) is 30.3 Å². The Kier molecular flexibility index (Phi) is 5.06. The minimum absolute atomic E-state index is 0.0815. The van der Waals surface area contributed by atoms with Crippen LogP contribution in [0.25, 0.3) is 0 Å². The quantitative estimate of drug-likeness (QED) is 0.893. The molecule has 5 nitrogen and oxygen atoms in total. The zero-order chi connectivity index (χ0) is 15.5. The van der Waals surface area contributed by atoms with E-state index in [1.54, 1.807) is 6.07 Å². The number of carbonyl (C=O) groups excluding carboxylic acids is 1. The third-order valence-corrected chi connectivity index (χ3v) is 3.94. The normalized spacial score (nSPS) is 23.0. The molecule has 5 heteroatoms. The first-order chi connectivity index (χ1) is 9.91. The van der Waals surface area contributed by atoms with Gasteiger partial charge in [-0.25, -0.2) is 0 Å². The van der Waals surface area contributed by atoms with Crippen molar-refractivity contribution in [1.29, 1.82) is 0 Å². The second kappa shape index (κ2) is 6.62. The maximum Gasteiger partial charge on any atom is 0.254 e. The summed E-state index contributed by atoms with van der Waals surface area (Å²) < 4.78 is 11.1. The lowest BCUT2D eigenvalue weighted by atomic mass is 9.78. The summed E-state index contributed by atoms with van der Waals surface area (Å²) in [7, 11) is 0. The average molecular weight is 294 g/mol. The van der Waals surface area contributed by atoms with Gasteiger partial charge in [-0.15, -0.1) is 0 Å². The van der Waals surface area contributed by atoms with Crippen LogP contribution in [0.2, 0.25) is 0 Å². The third kappa shape index (κ3) is 4.08. The Morgan fingerprint density at radius 1 is 1.48 bits per heavy atom. The van der Waals surface area contributed by atoms with Crippen LogP contribution in [0.4, 0.5) is 0 Å². The van der Waals surface area contributed by atoms with E-state index in [-0.39, 0.29) is 17.4 Å². The van der Waals surface area contributed by atoms with Crippen LogP contribution in [0.5, 0.6) is 0 Å². The minimum Gasteiger partial charge on any atom is -0.467 e. The summed E-state index contributed by atoms with van der Waals surface area (Å²) in [4.78, 5) is 12.1. The van der Waals surface area contributed by atoms with Gasteiger partial charge >= 0.3 is 0 Å². The predicted molar refractivity (Wildman–Crippen MR) is 80.9 cm³/mol. The molecular formula is C16H26N2O3. The Hall–Kier alpha value is -1.33. The Morgan fingerprint density at radius 2 is 2.24 bits per heavy atom. The van der Waals surface area contributed by atoms with Gasteiger partial charge in [0.25, 0.3) is 5.91 Å². The second-order valence-corrected chi connectivity index (χ2v) is 6.78. The fraction of sp³-hybridized carbons (Fsp3) is 0.688. The molecule has 118 valence electrons. The SMILES string of the molecule is CC(C)(C)C1OCCCC1CNC(=O)c1coc(CN)c1. The molecular weight excluding hydrogens is 268 g/mol. The lowest BCUT2D eigenvalue weighted by Crippen LogP contribution is -2.45. The van der Waals surface area contributed by atoms with Crippen LogP contribution in [0.3, 0.4) is 0 Å². The summed E-state index contributed by atoms with van der Waals surface area (Å²) in [5, 5.41) is 2.99. The predicted octanol–water partition coefficient (Wildman–Crippen LogP) is 2.31. The van der Waals surface area contributed by atoms with Gasteiger partial charge in [-0.1, -0.05) is 20.8 Å². The number of nitrogens with two attached hydrogens (primary N) is 1. The molecule has 2 rings (SSSR count). The molecule has 1 aromatic rings. The second-order valence-electron chi connectivity index (χ2n) is 6.78. The highest BCUT2D eigenvalue weighted by atomic mass is 16.5. The lowest BCUT2D eigenvalue weighted by molar-refractivity contribution is -0.0839. The standard InChI is InChI=1S/C16H26N2O3/c1-16(2,3)14-11(5-4-6-20-14)9-18-15(19)12-7-13(8-17)21-10-12/h7,10-11,14H,4-6,8-9,17H2,1-3H3,(H,18,19). The smallest absolute Gasteiger partial charge is 0.254 e. The van der Waals surface area contributed by atoms with E-state index in [1.165, 1.54) is 6.26 Å². The molecule has 1 aliphatic heterocycles. The Bertz CT molecular complexity index is 476. The van der Waals surface area contributed by atoms with Crippen LogP contribution in [-0.2, 0) is 11.3 Å². The molecule has 3 N–H and O–H groups in total. The molecule has 1 amide bonds. The van der Waals surface area contributed by atoms with Gasteiger partial charge < -0.3 is 20.2 Å². The number of nitrogens with one attached hydrogen (secondary N) is 1. The fourth-order valence-electron chi connectivity index (χ4n) is 2.94. The number of hydrogen-bond donors (Lipinski definition) is 2. The molecule has 0 spiro atoms. The maximum absolute atomic E-state index is 12.1. The summed E-state index contributed by atoms with van der Waals surface area (Å²) >= 11 is 0. The number of rotatable bonds is 4. The third-order valence-electron chi connectivity index (χ3n) is 3.94. The largest absolute Gasteiger partial charge is 0.467 e. The monoisotopic (exact) mass is 294 g/mol. The van der Waals surface area contributed by atoms with Crippen molar-refractivity contribution in [2.24, 2.45) is 17.1 Å². The van der Waals surface area contributed by atoms with Crippen molar-refractivity contribution in [1.82, 2.24) is 5.32 Å². The summed E-state index contributed by atoms with van der Waals surface area (Å²) in [6, 6.07) is 1.69. The van der Waals surface area contributed by atoms with Crippen LogP contribution in [-0.4, -0.2) is 25.2 Å². The van der Waals surface area contributed by atoms with Crippen molar-refractivity contribution in [3.05, 3.63) is 23.7 Å². The first-order valence-corrected chi connectivity index (χ1v) is 7.59. The Labute approximate surface area is 126 Å². The van der Waals surface area contributed by atoms with Gasteiger partial charge in [-0.3, -0.25) is 4.79 Å². The van der Waals surface area contributed by atoms with Crippen LogP contribution < -0.4 is 11.1 Å². The van der Waals surface area contributed by atoms with E-state index < -0.39 is 0 Å². The van der Waals surface area contributed by atoms with Gasteiger partial charge in [0.1, 0.15) is 12.0 Å². The van der Waals surface area contributed by atoms with Crippen LogP contribution in [0, 0.1) is 11.3 Å². The van der Waals surface area contributed by atoms with Crippen LogP contribution >= 0.6 is 0 Å². The molecule has 2 unspecified atom stereocenters. The summed E-state index contributed by atoms with van der Waals surface area (Å²) in [5.41, 5.74) is 6.09. The molecule has 1 aromatic heterocycles. The number of hydrogen-bond acceptors (Lipinski definition) is 4. The molecule has 2 heterocycles. The number of ether oxygens (including phenoxy) is 1. The highest BCUT2D eigenvalue weighted by Crippen LogP contribution is 2.33. The maximum atomic E-state index is 12.1. The highest BCUT2D eigenvalue weighted by molar-refractivity contribution is 5.93. The molecule has 0 aliphatic carbocycles. The van der Waals surface area contributed by atoms with Gasteiger partial charge in [0, 0.05) is 19.1 Å². The van der Waals surface area contributed by atoms with E-state index in [4.69, 9.17) is 14.9 Å². The fourth-order valence-corrected chi connectivity index (χ4v) is 2.94. The van der Waals surface area contributed by atoms with E-state index in [0.717, 1.165) is 19.4 Å². The van der Waals surface area contributed by atoms with E-state index in [2.05, 4.69) is 26.1 Å². The molecule has 1 aliphatic rings. The van der Waals surface area contributed by atoms with Crippen molar-refractivity contribution in [3.8, 4) is 0 Å². The van der Waals surface area contributed by atoms with Crippen molar-refractivity contribution in [2.45, 2.75) is 46.3 Å². The zero-order valence-electron chi connectivity index (χ0n) is 13.1. The molecule has 1 fully saturated rings. The average Bonchev–Trinajstić information content (AvgIpc) is 2.93. The van der Waals surface area contributed by atoms with Crippen LogP contribution in [0.15, 0.2) is 16.7 Å². The molecule has 2 atom stereocenters. The summed E-state index contributed by atoms with van der Waals surface area (Å²) in [5.74, 6) is 0.856. The highest BCUT2D eigenvalue weighted by Gasteiger charge is 2.35. The van der Waals surface area contributed by atoms with Crippen molar-refractivity contribution < 1.29 is 13.9 Å². The number of carbonyl (C=O) groups is 1. The Morgan fingerprint density at radius 3 is 2.86 bits per heavy atom. The summed E-state index contributed by atoms with van der Waals surface area (Å²) in [6.45, 7) is 8.29. The van der Waals surface area contributed by atoms with Crippen molar-refractivity contribution >= 4 is 5.91 Å². The molecule has 0 saturated carbocycles. The molecule has 1 saturated heterocycles. The topological polar surface area (TPSA) is 77.5 Å². The van der Waals surface area contributed by atoms with Gasteiger partial charge in [0.2, 0.25) is 0 Å². The van der Waals surface area contributed by atoms with Gasteiger partial charge in [-0.05, 0) is 24.3 Å². The van der Waals surface area contributed by atoms with E-state index >= 15 is 0 Å². The first-order valence-electron chi connectivity index (χ1n) is 7.59. The van der Waals surface area contributed by atoms with E-state index in [9.17, 15) is 4.79 Å². The molecule has 21 heavy (non-hydrogen) atoms. The minimum atomic E-state index is -0.114. The van der Waals surface area contributed by atoms with Gasteiger partial charge in [-0.2, -0.15) is 0 Å². The molecule has 0 radical (unpaired) electrons. The van der Waals surface area contributed by atoms with Crippen molar-refractivity contribution in [3.63, 3.8) is 0 Å². The van der Waals surface area contributed by atoms with Gasteiger partial charge in [0.15, 0.2) is 0 Å². The van der Waals surface area contributed by atoms with Crippen molar-refractivity contribution in [2.75, 3.05) is 13.2 Å². The van der Waals surface area contributed by atoms with Crippen LogP contribution in [0.1, 0.15) is 49.7 Å². The van der Waals surface area contributed by atoms with E-state index in [1.807, 2.05) is 0 Å². The van der Waals surface area contributed by atoms with Gasteiger partial charge in [0.05, 0.1) is 18.2 Å². The molecule has 0 aromatic carbocycles.